The lowest BCUT2D eigenvalue weighted by Crippen LogP contribution is -2.35. The van der Waals surface area contributed by atoms with Gasteiger partial charge in [-0.05, 0) is 0 Å². The Kier molecular flexibility index (Phi) is 2.93. The first-order valence-electron chi connectivity index (χ1n) is 4.24. The number of likely N-dealkylation sites (N-methyl/N-ethyl adjacent to an activating group) is 1. The van der Waals surface area contributed by atoms with Crippen LogP contribution in [-0.4, -0.2) is 40.1 Å². The van der Waals surface area contributed by atoms with Gasteiger partial charge in [-0.1, -0.05) is 0 Å². The summed E-state index contributed by atoms with van der Waals surface area (Å²) in [6, 6.07) is 0. The molecule has 1 aromatic rings. The molecule has 0 spiro atoms. The summed E-state index contributed by atoms with van der Waals surface area (Å²) in [5, 5.41) is 3.89. The number of nitrogen functional groups attached to an aromatic ring is 1. The fourth-order valence-electron chi connectivity index (χ4n) is 1.16. The molecule has 0 aliphatic rings. The van der Waals surface area contributed by atoms with E-state index in [1.54, 1.807) is 7.05 Å². The Bertz CT molecular complexity index is 398. The molecule has 0 radical (unpaired) electrons. The summed E-state index contributed by atoms with van der Waals surface area (Å²) >= 11 is 0. The number of hydrogen-bond acceptors (Lipinski definition) is 4. The molecule has 15 heavy (non-hydrogen) atoms. The SMILES string of the molecule is CN(CC(N)=O)C(=O)c1nn(C)cc1N. The summed E-state index contributed by atoms with van der Waals surface area (Å²) in [4.78, 5) is 23.5. The lowest BCUT2D eigenvalue weighted by Gasteiger charge is -2.13. The molecule has 0 aliphatic carbocycles. The zero-order valence-corrected chi connectivity index (χ0v) is 8.60. The topological polar surface area (TPSA) is 107 Å². The third-order valence-electron chi connectivity index (χ3n) is 1.80. The van der Waals surface area contributed by atoms with Crippen LogP contribution in [0.1, 0.15) is 10.5 Å². The third kappa shape index (κ3) is 2.46. The predicted octanol–water partition coefficient (Wildman–Crippen LogP) is -1.44. The van der Waals surface area contributed by atoms with Crippen molar-refractivity contribution in [3.05, 3.63) is 11.9 Å². The quantitative estimate of drug-likeness (QED) is 0.638. The van der Waals surface area contributed by atoms with Gasteiger partial charge < -0.3 is 16.4 Å². The van der Waals surface area contributed by atoms with E-state index < -0.39 is 11.8 Å². The first-order chi connectivity index (χ1) is 6.91. The van der Waals surface area contributed by atoms with Gasteiger partial charge in [0.2, 0.25) is 5.91 Å². The number of hydrogen-bond donors (Lipinski definition) is 2. The molecular weight excluding hydrogens is 198 g/mol. The number of aromatic nitrogens is 2. The summed E-state index contributed by atoms with van der Waals surface area (Å²) in [5.74, 6) is -1.01. The fourth-order valence-corrected chi connectivity index (χ4v) is 1.16. The Morgan fingerprint density at radius 1 is 1.60 bits per heavy atom. The van der Waals surface area contributed by atoms with Crippen LogP contribution in [0, 0.1) is 0 Å². The molecule has 1 heterocycles. The van der Waals surface area contributed by atoms with Crippen molar-refractivity contribution in [2.45, 2.75) is 0 Å². The number of carbonyl (C=O) groups excluding carboxylic acids is 2. The summed E-state index contributed by atoms with van der Waals surface area (Å²) in [7, 11) is 3.11. The van der Waals surface area contributed by atoms with Crippen LogP contribution in [0.3, 0.4) is 0 Å². The van der Waals surface area contributed by atoms with Crippen molar-refractivity contribution in [1.82, 2.24) is 14.7 Å². The number of amides is 2. The Morgan fingerprint density at radius 3 is 2.60 bits per heavy atom. The summed E-state index contributed by atoms with van der Waals surface area (Å²) < 4.78 is 1.43. The van der Waals surface area contributed by atoms with E-state index in [1.807, 2.05) is 0 Å². The van der Waals surface area contributed by atoms with E-state index in [0.717, 1.165) is 0 Å². The van der Waals surface area contributed by atoms with Gasteiger partial charge in [0.25, 0.3) is 5.91 Å². The summed E-state index contributed by atoms with van der Waals surface area (Å²) in [6.45, 7) is -0.158. The van der Waals surface area contributed by atoms with E-state index in [1.165, 1.54) is 22.8 Å². The first kappa shape index (κ1) is 11.0. The second-order valence-corrected chi connectivity index (χ2v) is 3.23. The van der Waals surface area contributed by atoms with E-state index in [9.17, 15) is 9.59 Å². The minimum Gasteiger partial charge on any atom is -0.396 e. The summed E-state index contributed by atoms with van der Waals surface area (Å²) in [6.07, 6.45) is 1.52. The highest BCUT2D eigenvalue weighted by Gasteiger charge is 2.19. The van der Waals surface area contributed by atoms with Gasteiger partial charge in [-0.15, -0.1) is 0 Å². The molecule has 7 nitrogen and oxygen atoms in total. The molecule has 0 atom stereocenters. The highest BCUT2D eigenvalue weighted by atomic mass is 16.2. The summed E-state index contributed by atoms with van der Waals surface area (Å²) in [5.41, 5.74) is 10.9. The maximum Gasteiger partial charge on any atom is 0.276 e. The number of nitrogens with two attached hydrogens (primary N) is 2. The van der Waals surface area contributed by atoms with E-state index >= 15 is 0 Å². The van der Waals surface area contributed by atoms with Crippen LogP contribution in [0.15, 0.2) is 6.20 Å². The molecule has 4 N–H and O–H groups in total. The zero-order valence-electron chi connectivity index (χ0n) is 8.60. The van der Waals surface area contributed by atoms with Crippen molar-refractivity contribution in [2.24, 2.45) is 12.8 Å². The number of aryl methyl sites for hydroxylation is 1. The highest BCUT2D eigenvalue weighted by molar-refractivity contribution is 5.98. The number of carbonyl (C=O) groups is 2. The van der Waals surface area contributed by atoms with Crippen LogP contribution in [-0.2, 0) is 11.8 Å². The van der Waals surface area contributed by atoms with Gasteiger partial charge in [0.05, 0.1) is 12.2 Å². The van der Waals surface area contributed by atoms with E-state index in [0.29, 0.717) is 0 Å². The molecule has 0 fully saturated rings. The number of nitrogens with zero attached hydrogens (tertiary/aromatic N) is 3. The highest BCUT2D eigenvalue weighted by Crippen LogP contribution is 2.10. The molecule has 0 unspecified atom stereocenters. The fraction of sp³-hybridized carbons (Fsp3) is 0.375. The molecule has 0 aromatic carbocycles. The van der Waals surface area contributed by atoms with Crippen molar-refractivity contribution in [1.29, 1.82) is 0 Å². The standard InChI is InChI=1S/C8H13N5O2/c1-12(4-6(10)14)8(15)7-5(9)3-13(2)11-7/h3H,4,9H2,1-2H3,(H2,10,14). The first-order valence-corrected chi connectivity index (χ1v) is 4.24. The van der Waals surface area contributed by atoms with Crippen LogP contribution in [0.2, 0.25) is 0 Å². The Balaban J connectivity index is 2.84. The molecule has 1 rings (SSSR count). The van der Waals surface area contributed by atoms with Crippen LogP contribution >= 0.6 is 0 Å². The molecule has 0 saturated carbocycles. The monoisotopic (exact) mass is 211 g/mol. The van der Waals surface area contributed by atoms with Crippen molar-refractivity contribution in [3.63, 3.8) is 0 Å². The molecule has 0 bridgehead atoms. The lowest BCUT2D eigenvalue weighted by atomic mass is 10.3. The van der Waals surface area contributed by atoms with Crippen LogP contribution in [0.5, 0.6) is 0 Å². The van der Waals surface area contributed by atoms with Gasteiger partial charge >= 0.3 is 0 Å². The number of anilines is 1. The van der Waals surface area contributed by atoms with E-state index in [-0.39, 0.29) is 17.9 Å². The molecule has 82 valence electrons. The number of rotatable bonds is 3. The van der Waals surface area contributed by atoms with Gasteiger partial charge in [0.15, 0.2) is 5.69 Å². The normalized spacial score (nSPS) is 10.0. The second kappa shape index (κ2) is 3.99. The third-order valence-corrected chi connectivity index (χ3v) is 1.80. The maximum absolute atomic E-state index is 11.7. The molecule has 1 aromatic heterocycles. The average molecular weight is 211 g/mol. The van der Waals surface area contributed by atoms with Crippen LogP contribution < -0.4 is 11.5 Å². The maximum atomic E-state index is 11.7. The van der Waals surface area contributed by atoms with E-state index in [2.05, 4.69) is 5.10 Å². The molecule has 0 aliphatic heterocycles. The van der Waals surface area contributed by atoms with Gasteiger partial charge in [-0.3, -0.25) is 14.3 Å². The lowest BCUT2D eigenvalue weighted by molar-refractivity contribution is -0.118. The van der Waals surface area contributed by atoms with Crippen molar-refractivity contribution >= 4 is 17.5 Å². The number of primary amides is 1. The average Bonchev–Trinajstić information content (AvgIpc) is 2.42. The zero-order chi connectivity index (χ0) is 11.6. The predicted molar refractivity (Wildman–Crippen MR) is 53.8 cm³/mol. The van der Waals surface area contributed by atoms with Gasteiger partial charge in [0, 0.05) is 20.3 Å². The van der Waals surface area contributed by atoms with Crippen molar-refractivity contribution in [3.8, 4) is 0 Å². The van der Waals surface area contributed by atoms with Gasteiger partial charge in [-0.25, -0.2) is 0 Å². The van der Waals surface area contributed by atoms with Crippen molar-refractivity contribution < 1.29 is 9.59 Å². The minimum absolute atomic E-state index is 0.126. The van der Waals surface area contributed by atoms with Gasteiger partial charge in [0.1, 0.15) is 0 Å². The Morgan fingerprint density at radius 2 is 2.20 bits per heavy atom. The Labute approximate surface area is 86.6 Å². The molecule has 2 amide bonds. The minimum atomic E-state index is -0.583. The van der Waals surface area contributed by atoms with Crippen LogP contribution in [0.4, 0.5) is 5.69 Å². The molecule has 7 heteroatoms. The molecule has 0 saturated heterocycles. The van der Waals surface area contributed by atoms with E-state index in [4.69, 9.17) is 11.5 Å². The second-order valence-electron chi connectivity index (χ2n) is 3.23. The van der Waals surface area contributed by atoms with Gasteiger partial charge in [-0.2, -0.15) is 5.10 Å². The smallest absolute Gasteiger partial charge is 0.276 e. The Hall–Kier alpha value is -2.05. The largest absolute Gasteiger partial charge is 0.396 e. The molecular formula is C8H13N5O2. The van der Waals surface area contributed by atoms with Crippen LogP contribution in [0.25, 0.3) is 0 Å². The van der Waals surface area contributed by atoms with Crippen molar-refractivity contribution in [2.75, 3.05) is 19.3 Å².